The summed E-state index contributed by atoms with van der Waals surface area (Å²) < 4.78 is 37.3. The van der Waals surface area contributed by atoms with Crippen molar-refractivity contribution in [2.45, 2.75) is 30.1 Å². The summed E-state index contributed by atoms with van der Waals surface area (Å²) in [4.78, 5) is 22.4. The van der Waals surface area contributed by atoms with Gasteiger partial charge in [0.2, 0.25) is 0 Å². The molecule has 0 saturated carbocycles. The Morgan fingerprint density at radius 1 is 1.20 bits per heavy atom. The second-order valence-electron chi connectivity index (χ2n) is 6.60. The summed E-state index contributed by atoms with van der Waals surface area (Å²) in [6.07, 6.45) is -0.144. The van der Waals surface area contributed by atoms with Crippen LogP contribution in [-0.4, -0.2) is 42.5 Å². The number of benzene rings is 2. The summed E-state index contributed by atoms with van der Waals surface area (Å²) in [6.45, 7) is 4.07. The molecule has 1 aliphatic heterocycles. The summed E-state index contributed by atoms with van der Waals surface area (Å²) in [5.41, 5.74) is 0.702. The molecule has 0 unspecified atom stereocenters. The number of carbonyl (C=O) groups excluding carboxylic acids is 1. The lowest BCUT2D eigenvalue weighted by Gasteiger charge is -2.36. The number of nitro groups is 1. The molecule has 158 valence electrons. The molecule has 0 N–H and O–H groups in total. The Kier molecular flexibility index (Phi) is 6.48. The molecule has 1 fully saturated rings. The molecular formula is C20H20N2O7S. The van der Waals surface area contributed by atoms with E-state index in [2.05, 4.69) is 6.58 Å². The SMILES string of the molecule is C=C[C@@H]1C[C@H](COCc2ccccc2)OC(=O)N1S(=O)(=O)c1ccc([N+](=O)[O-])cc1. The van der Waals surface area contributed by atoms with Crippen molar-refractivity contribution in [1.29, 1.82) is 0 Å². The van der Waals surface area contributed by atoms with Gasteiger partial charge in [-0.05, 0) is 17.7 Å². The van der Waals surface area contributed by atoms with Crippen LogP contribution < -0.4 is 0 Å². The fraction of sp³-hybridized carbons (Fsp3) is 0.250. The third kappa shape index (κ3) is 4.66. The van der Waals surface area contributed by atoms with Crippen LogP contribution in [0.25, 0.3) is 0 Å². The van der Waals surface area contributed by atoms with Crippen molar-refractivity contribution in [3.05, 3.63) is 82.9 Å². The van der Waals surface area contributed by atoms with Crippen LogP contribution in [0.15, 0.2) is 72.1 Å². The lowest BCUT2D eigenvalue weighted by atomic mass is 10.1. The highest BCUT2D eigenvalue weighted by Crippen LogP contribution is 2.28. The van der Waals surface area contributed by atoms with Crippen LogP contribution in [0.5, 0.6) is 0 Å². The highest BCUT2D eigenvalue weighted by Gasteiger charge is 2.42. The molecular weight excluding hydrogens is 412 g/mol. The number of rotatable bonds is 8. The largest absolute Gasteiger partial charge is 0.443 e. The van der Waals surface area contributed by atoms with E-state index in [4.69, 9.17) is 9.47 Å². The van der Waals surface area contributed by atoms with E-state index in [0.29, 0.717) is 10.9 Å². The summed E-state index contributed by atoms with van der Waals surface area (Å²) in [7, 11) is -4.28. The zero-order chi connectivity index (χ0) is 21.7. The first-order valence-corrected chi connectivity index (χ1v) is 10.5. The van der Waals surface area contributed by atoms with Crippen LogP contribution in [0.1, 0.15) is 12.0 Å². The number of hydrogen-bond acceptors (Lipinski definition) is 7. The maximum Gasteiger partial charge on any atom is 0.424 e. The molecule has 2 aromatic carbocycles. The first-order chi connectivity index (χ1) is 14.3. The van der Waals surface area contributed by atoms with E-state index in [1.54, 1.807) is 0 Å². The summed E-state index contributed by atoms with van der Waals surface area (Å²) >= 11 is 0. The average Bonchev–Trinajstić information content (AvgIpc) is 2.74. The van der Waals surface area contributed by atoms with Crippen molar-refractivity contribution in [2.24, 2.45) is 0 Å². The fourth-order valence-corrected chi connectivity index (χ4v) is 4.52. The Morgan fingerprint density at radius 2 is 1.87 bits per heavy atom. The molecule has 1 aliphatic rings. The molecule has 10 heteroatoms. The van der Waals surface area contributed by atoms with Crippen LogP contribution >= 0.6 is 0 Å². The number of sulfonamides is 1. The topological polar surface area (TPSA) is 116 Å². The van der Waals surface area contributed by atoms with E-state index in [0.717, 1.165) is 29.8 Å². The summed E-state index contributed by atoms with van der Waals surface area (Å²) in [5, 5.41) is 10.8. The van der Waals surface area contributed by atoms with E-state index < -0.39 is 33.2 Å². The van der Waals surface area contributed by atoms with Gasteiger partial charge in [-0.3, -0.25) is 10.1 Å². The van der Waals surface area contributed by atoms with Crippen molar-refractivity contribution in [3.8, 4) is 0 Å². The number of amides is 1. The quantitative estimate of drug-likeness (QED) is 0.357. The Morgan fingerprint density at radius 3 is 2.47 bits per heavy atom. The van der Waals surface area contributed by atoms with Gasteiger partial charge in [0.15, 0.2) is 0 Å². The van der Waals surface area contributed by atoms with Crippen LogP contribution in [-0.2, 0) is 26.1 Å². The van der Waals surface area contributed by atoms with Gasteiger partial charge in [0.1, 0.15) is 6.10 Å². The highest BCUT2D eigenvalue weighted by atomic mass is 32.2. The van der Waals surface area contributed by atoms with Gasteiger partial charge in [0.25, 0.3) is 15.7 Å². The van der Waals surface area contributed by atoms with Crippen molar-refractivity contribution in [1.82, 2.24) is 4.31 Å². The van der Waals surface area contributed by atoms with Crippen molar-refractivity contribution >= 4 is 21.8 Å². The first kappa shape index (κ1) is 21.5. The molecule has 1 amide bonds. The molecule has 3 rings (SSSR count). The number of nitrogens with zero attached hydrogens (tertiary/aromatic N) is 2. The normalized spacial score (nSPS) is 19.2. The molecule has 2 atom stereocenters. The lowest BCUT2D eigenvalue weighted by molar-refractivity contribution is -0.384. The Hall–Kier alpha value is -3.24. The van der Waals surface area contributed by atoms with E-state index in [-0.39, 0.29) is 23.6 Å². The summed E-state index contributed by atoms with van der Waals surface area (Å²) in [6, 6.07) is 12.9. The molecule has 1 saturated heterocycles. The van der Waals surface area contributed by atoms with Gasteiger partial charge in [0.05, 0.1) is 29.1 Å². The minimum Gasteiger partial charge on any atom is -0.443 e. The van der Waals surface area contributed by atoms with E-state index in [9.17, 15) is 23.3 Å². The third-order valence-corrected chi connectivity index (χ3v) is 6.35. The Bertz CT molecular complexity index is 1020. The molecule has 1 heterocycles. The predicted octanol–water partition coefficient (Wildman–Crippen LogP) is 3.27. The predicted molar refractivity (Wildman–Crippen MR) is 107 cm³/mol. The lowest BCUT2D eigenvalue weighted by Crippen LogP contribution is -2.51. The van der Waals surface area contributed by atoms with Gasteiger partial charge >= 0.3 is 6.09 Å². The monoisotopic (exact) mass is 432 g/mol. The number of carbonyl (C=O) groups is 1. The van der Waals surface area contributed by atoms with Crippen molar-refractivity contribution < 1.29 is 27.6 Å². The van der Waals surface area contributed by atoms with Gasteiger partial charge in [-0.2, -0.15) is 4.31 Å². The van der Waals surface area contributed by atoms with E-state index >= 15 is 0 Å². The molecule has 0 bridgehead atoms. The number of hydrogen-bond donors (Lipinski definition) is 0. The Balaban J connectivity index is 1.70. The minimum atomic E-state index is -4.28. The molecule has 0 aliphatic carbocycles. The number of nitro benzene ring substituents is 1. The van der Waals surface area contributed by atoms with Gasteiger partial charge < -0.3 is 9.47 Å². The van der Waals surface area contributed by atoms with Crippen LogP contribution in [0.2, 0.25) is 0 Å². The van der Waals surface area contributed by atoms with Gasteiger partial charge in [-0.15, -0.1) is 6.58 Å². The smallest absolute Gasteiger partial charge is 0.424 e. The van der Waals surface area contributed by atoms with Crippen LogP contribution in [0.4, 0.5) is 10.5 Å². The molecule has 9 nitrogen and oxygen atoms in total. The number of ether oxygens (including phenoxy) is 2. The molecule has 0 radical (unpaired) electrons. The third-order valence-electron chi connectivity index (χ3n) is 4.54. The van der Waals surface area contributed by atoms with E-state index in [1.165, 1.54) is 6.08 Å². The van der Waals surface area contributed by atoms with Crippen LogP contribution in [0.3, 0.4) is 0 Å². The molecule has 2 aromatic rings. The molecule has 0 spiro atoms. The number of non-ortho nitro benzene ring substituents is 1. The maximum absolute atomic E-state index is 12.9. The fourth-order valence-electron chi connectivity index (χ4n) is 3.05. The van der Waals surface area contributed by atoms with Crippen LogP contribution in [0, 0.1) is 10.1 Å². The Labute approximate surface area is 173 Å². The zero-order valence-corrected chi connectivity index (χ0v) is 16.7. The number of cyclic esters (lactones) is 1. The van der Waals surface area contributed by atoms with Crippen molar-refractivity contribution in [2.75, 3.05) is 6.61 Å². The van der Waals surface area contributed by atoms with Crippen molar-refractivity contribution in [3.63, 3.8) is 0 Å². The molecule has 30 heavy (non-hydrogen) atoms. The van der Waals surface area contributed by atoms with Gasteiger partial charge in [-0.1, -0.05) is 36.4 Å². The van der Waals surface area contributed by atoms with Gasteiger partial charge in [-0.25, -0.2) is 13.2 Å². The first-order valence-electron chi connectivity index (χ1n) is 9.06. The second-order valence-corrected chi connectivity index (χ2v) is 8.41. The maximum atomic E-state index is 12.9. The molecule has 0 aromatic heterocycles. The average molecular weight is 432 g/mol. The standard InChI is InChI=1S/C20H20N2O7S/c1-2-16-12-18(14-28-13-15-6-4-3-5-7-15)29-20(23)21(16)30(26,27)19-10-8-17(9-11-19)22(24)25/h2-11,16,18H,1,12-14H2/t16-,18-/m1/s1. The highest BCUT2D eigenvalue weighted by molar-refractivity contribution is 7.89. The zero-order valence-electron chi connectivity index (χ0n) is 15.9. The van der Waals surface area contributed by atoms with E-state index in [1.807, 2.05) is 30.3 Å². The minimum absolute atomic E-state index is 0.108. The summed E-state index contributed by atoms with van der Waals surface area (Å²) in [5.74, 6) is 0. The van der Waals surface area contributed by atoms with Gasteiger partial charge in [0, 0.05) is 18.6 Å². The second kappa shape index (κ2) is 9.06.